The Morgan fingerprint density at radius 3 is 0.638 bits per heavy atom. The number of hydrogen-bond donors (Lipinski definition) is 0. The van der Waals surface area contributed by atoms with E-state index in [9.17, 15) is 105 Å². The van der Waals surface area contributed by atoms with Crippen molar-refractivity contribution in [3.63, 3.8) is 0 Å². The Kier molecular flexibility index (Phi) is 6.78. The van der Waals surface area contributed by atoms with Gasteiger partial charge < -0.3 is 0 Å². The Bertz CT molecular complexity index is 1310. The van der Waals surface area contributed by atoms with Crippen molar-refractivity contribution in [3.05, 3.63) is 0 Å². The molecule has 0 aliphatic heterocycles. The molecule has 0 heterocycles. The van der Waals surface area contributed by atoms with Gasteiger partial charge in [0.1, 0.15) is 0 Å². The maximum Gasteiger partial charge on any atom is 0.384 e. The van der Waals surface area contributed by atoms with Gasteiger partial charge in [-0.25, -0.2) is 17.6 Å². The summed E-state index contributed by atoms with van der Waals surface area (Å²) in [4.78, 5) is 0. The van der Waals surface area contributed by atoms with Crippen molar-refractivity contribution in [1.82, 2.24) is 0 Å². The SMILES string of the molecule is FC1(F)C(F)(F)C(F)(F)C(F)(C(F)(F)C2(F)C(F)(F)C(F)(F)C(F)(F)C3(F)C(F)(F)C(F)(F)C(F)(F)C(F)(F)C32F)C(F)(F)C1(F)F. The highest BCUT2D eigenvalue weighted by Gasteiger charge is 3.19. The normalized spacial score (nSPS) is 41.7. The summed E-state index contributed by atoms with van der Waals surface area (Å²) >= 11 is 0. The van der Waals surface area contributed by atoms with Crippen LogP contribution in [0.1, 0.15) is 0 Å². The molecule has 0 aromatic heterocycles. The third-order valence-electron chi connectivity index (χ3n) is 7.96. The Morgan fingerprint density at radius 2 is 0.362 bits per heavy atom. The van der Waals surface area contributed by atoms with Crippen LogP contribution in [-0.4, -0.2) is 99.7 Å². The van der Waals surface area contributed by atoms with Crippen molar-refractivity contribution >= 4 is 0 Å². The Labute approximate surface area is 233 Å². The van der Waals surface area contributed by atoms with E-state index >= 15 is 26.3 Å². The lowest BCUT2D eigenvalue weighted by Gasteiger charge is -2.67. The third kappa shape index (κ3) is 2.70. The lowest BCUT2D eigenvalue weighted by Crippen LogP contribution is -3.03. The number of halogens is 30. The Morgan fingerprint density at radius 1 is 0.191 bits per heavy atom. The highest BCUT2D eigenvalue weighted by molar-refractivity contribution is 5.48. The third-order valence-corrected chi connectivity index (χ3v) is 7.96. The van der Waals surface area contributed by atoms with Gasteiger partial charge in [0.05, 0.1) is 0 Å². The van der Waals surface area contributed by atoms with Gasteiger partial charge in [-0.1, -0.05) is 0 Å². The summed E-state index contributed by atoms with van der Waals surface area (Å²) in [7, 11) is 0. The van der Waals surface area contributed by atoms with Gasteiger partial charge in [-0.15, -0.1) is 0 Å². The molecule has 0 nitrogen and oxygen atoms in total. The van der Waals surface area contributed by atoms with E-state index in [0.29, 0.717) is 0 Å². The molecule has 47 heavy (non-hydrogen) atoms. The monoisotopic (exact) mass is 774 g/mol. The van der Waals surface area contributed by atoms with Crippen LogP contribution in [0, 0.1) is 0 Å². The summed E-state index contributed by atoms with van der Waals surface area (Å²) in [5, 5.41) is 0. The van der Waals surface area contributed by atoms with E-state index in [-0.39, 0.29) is 0 Å². The Balaban J connectivity index is 2.84. The Hall–Kier alpha value is -2.10. The predicted molar refractivity (Wildman–Crippen MR) is 79.7 cm³/mol. The molecule has 30 heteroatoms. The molecular weight excluding hydrogens is 774 g/mol. The summed E-state index contributed by atoms with van der Waals surface area (Å²) in [6, 6.07) is 0. The van der Waals surface area contributed by atoms with Gasteiger partial charge in [-0.3, -0.25) is 0 Å². The molecule has 278 valence electrons. The number of rotatable bonds is 2. The van der Waals surface area contributed by atoms with Crippen LogP contribution < -0.4 is 0 Å². The van der Waals surface area contributed by atoms with Gasteiger partial charge >= 0.3 is 82.7 Å². The molecule has 3 fully saturated rings. The molecule has 0 spiro atoms. The summed E-state index contributed by atoms with van der Waals surface area (Å²) in [5.74, 6) is -125. The minimum atomic E-state index is -10.8. The van der Waals surface area contributed by atoms with E-state index in [1.54, 1.807) is 0 Å². The molecule has 3 atom stereocenters. The first-order valence-electron chi connectivity index (χ1n) is 10.4. The number of alkyl halides is 30. The van der Waals surface area contributed by atoms with Crippen LogP contribution in [0.4, 0.5) is 132 Å². The summed E-state index contributed by atoms with van der Waals surface area (Å²) in [5.41, 5.74) is -41.8. The molecule has 3 saturated carbocycles. The molecule has 3 aliphatic rings. The maximum absolute atomic E-state index is 15.7. The van der Waals surface area contributed by atoms with Gasteiger partial charge in [0.2, 0.25) is 0 Å². The minimum Gasteiger partial charge on any atom is -0.229 e. The molecular formula is C17F30. The maximum atomic E-state index is 15.7. The standard InChI is InChI=1S/C17F30/c18-1-2(19,5(22,23)4(21)10(32,33)15(42,43)17(46,47)16(44,45)11(4,34)35)7(26,27)12(36,37)8(28,29)3(1,20)9(30,31)14(40,41)13(38,39)6(1,24)25. The highest BCUT2D eigenvalue weighted by Crippen LogP contribution is 2.85. The fourth-order valence-corrected chi connectivity index (χ4v) is 5.24. The first kappa shape index (κ1) is 39.3. The van der Waals surface area contributed by atoms with Gasteiger partial charge in [0, 0.05) is 0 Å². The van der Waals surface area contributed by atoms with Crippen LogP contribution in [0.25, 0.3) is 0 Å². The fourth-order valence-electron chi connectivity index (χ4n) is 5.24. The second-order valence-electron chi connectivity index (χ2n) is 10.1. The van der Waals surface area contributed by atoms with Crippen LogP contribution >= 0.6 is 0 Å². The average Bonchev–Trinajstić information content (AvgIpc) is 2.87. The van der Waals surface area contributed by atoms with E-state index in [0.717, 1.165) is 0 Å². The van der Waals surface area contributed by atoms with E-state index in [1.165, 1.54) is 0 Å². The molecule has 0 amide bonds. The lowest BCUT2D eigenvalue weighted by molar-refractivity contribution is -0.575. The van der Waals surface area contributed by atoms with Crippen LogP contribution in [-0.2, 0) is 0 Å². The van der Waals surface area contributed by atoms with E-state index in [2.05, 4.69) is 0 Å². The molecule has 0 saturated heterocycles. The van der Waals surface area contributed by atoms with Gasteiger partial charge in [-0.2, -0.15) is 114 Å². The quantitative estimate of drug-likeness (QED) is 0.246. The summed E-state index contributed by atoms with van der Waals surface area (Å²) in [6.07, 6.45) is 0. The molecule has 0 radical (unpaired) electrons. The second-order valence-corrected chi connectivity index (χ2v) is 10.1. The van der Waals surface area contributed by atoms with Crippen molar-refractivity contribution in [2.24, 2.45) is 0 Å². The summed E-state index contributed by atoms with van der Waals surface area (Å²) < 4.78 is 428. The van der Waals surface area contributed by atoms with Crippen LogP contribution in [0.5, 0.6) is 0 Å². The number of hydrogen-bond acceptors (Lipinski definition) is 0. The van der Waals surface area contributed by atoms with Crippen molar-refractivity contribution < 1.29 is 132 Å². The molecule has 3 aliphatic carbocycles. The highest BCUT2D eigenvalue weighted by atomic mass is 19.4. The fraction of sp³-hybridized carbons (Fsp3) is 1.00. The van der Waals surface area contributed by atoms with Crippen molar-refractivity contribution in [2.75, 3.05) is 0 Å². The summed E-state index contributed by atoms with van der Waals surface area (Å²) in [6.45, 7) is 0. The molecule has 0 aromatic carbocycles. The molecule has 0 N–H and O–H groups in total. The predicted octanol–water partition coefficient (Wildman–Crippen LogP) is 9.12. The second kappa shape index (κ2) is 8.10. The smallest absolute Gasteiger partial charge is 0.229 e. The average molecular weight is 774 g/mol. The van der Waals surface area contributed by atoms with E-state index in [1.807, 2.05) is 0 Å². The first-order valence-corrected chi connectivity index (χ1v) is 10.4. The zero-order chi connectivity index (χ0) is 38.5. The molecule has 0 bridgehead atoms. The number of fused-ring (bicyclic) bond motifs is 1. The first-order chi connectivity index (χ1) is 19.8. The van der Waals surface area contributed by atoms with Gasteiger partial charge in [-0.05, 0) is 0 Å². The van der Waals surface area contributed by atoms with Crippen molar-refractivity contribution in [2.45, 2.75) is 99.7 Å². The van der Waals surface area contributed by atoms with Gasteiger partial charge in [0.15, 0.2) is 0 Å². The topological polar surface area (TPSA) is 0 Å². The largest absolute Gasteiger partial charge is 0.384 e. The van der Waals surface area contributed by atoms with E-state index < -0.39 is 99.7 Å². The van der Waals surface area contributed by atoms with Crippen molar-refractivity contribution in [1.29, 1.82) is 0 Å². The molecule has 0 aromatic rings. The van der Waals surface area contributed by atoms with Crippen LogP contribution in [0.3, 0.4) is 0 Å². The van der Waals surface area contributed by atoms with Crippen LogP contribution in [0.15, 0.2) is 0 Å². The zero-order valence-corrected chi connectivity index (χ0v) is 19.8. The molecule has 3 unspecified atom stereocenters. The lowest BCUT2D eigenvalue weighted by atomic mass is 9.47. The van der Waals surface area contributed by atoms with Crippen molar-refractivity contribution in [3.8, 4) is 0 Å². The van der Waals surface area contributed by atoms with Crippen LogP contribution in [0.2, 0.25) is 0 Å². The minimum absolute atomic E-state index is 8.84. The van der Waals surface area contributed by atoms with E-state index in [4.69, 9.17) is 0 Å². The zero-order valence-electron chi connectivity index (χ0n) is 19.8. The van der Waals surface area contributed by atoms with Gasteiger partial charge in [0.25, 0.3) is 17.0 Å². The molecule has 3 rings (SSSR count).